The van der Waals surface area contributed by atoms with Crippen molar-refractivity contribution in [3.63, 3.8) is 0 Å². The Bertz CT molecular complexity index is 396. The van der Waals surface area contributed by atoms with Gasteiger partial charge in [0, 0.05) is 26.6 Å². The second kappa shape index (κ2) is 4.11. The zero-order chi connectivity index (χ0) is 11.7. The van der Waals surface area contributed by atoms with E-state index in [1.165, 1.54) is 0 Å². The minimum atomic E-state index is -0.795. The second-order valence-corrected chi connectivity index (χ2v) is 4.31. The van der Waals surface area contributed by atoms with Crippen LogP contribution in [-0.2, 0) is 11.2 Å². The monoisotopic (exact) mass is 224 g/mol. The second-order valence-electron chi connectivity index (χ2n) is 4.31. The zero-order valence-corrected chi connectivity index (χ0v) is 9.55. The van der Waals surface area contributed by atoms with Crippen LogP contribution in [0.1, 0.15) is 31.1 Å². The van der Waals surface area contributed by atoms with Gasteiger partial charge in [0.15, 0.2) is 0 Å². The molecule has 0 unspecified atom stereocenters. The van der Waals surface area contributed by atoms with E-state index in [1.807, 2.05) is 19.0 Å². The van der Waals surface area contributed by atoms with E-state index in [-0.39, 0.29) is 6.42 Å². The van der Waals surface area contributed by atoms with Gasteiger partial charge in [-0.3, -0.25) is 9.36 Å². The van der Waals surface area contributed by atoms with Gasteiger partial charge in [-0.2, -0.15) is 0 Å². The molecule has 1 aliphatic rings. The Morgan fingerprint density at radius 2 is 2.19 bits per heavy atom. The van der Waals surface area contributed by atoms with E-state index in [1.54, 1.807) is 0 Å². The smallest absolute Gasteiger partial charge is 0.303 e. The third-order valence-corrected chi connectivity index (χ3v) is 2.62. The third-order valence-electron chi connectivity index (χ3n) is 2.62. The first-order valence-electron chi connectivity index (χ1n) is 5.42. The van der Waals surface area contributed by atoms with Gasteiger partial charge in [0.25, 0.3) is 0 Å². The summed E-state index contributed by atoms with van der Waals surface area (Å²) in [5.74, 6) is 0.813. The highest BCUT2D eigenvalue weighted by Gasteiger charge is 2.30. The van der Waals surface area contributed by atoms with Crippen LogP contribution in [0.2, 0.25) is 0 Å². The number of rotatable bonds is 5. The number of aryl methyl sites for hydroxylation is 1. The quantitative estimate of drug-likeness (QED) is 0.797. The van der Waals surface area contributed by atoms with Crippen LogP contribution >= 0.6 is 0 Å². The van der Waals surface area contributed by atoms with E-state index in [2.05, 4.69) is 14.8 Å². The lowest BCUT2D eigenvalue weighted by atomic mass is 10.3. The molecule has 0 spiro atoms. The fourth-order valence-corrected chi connectivity index (χ4v) is 1.72. The van der Waals surface area contributed by atoms with Gasteiger partial charge < -0.3 is 10.0 Å². The van der Waals surface area contributed by atoms with E-state index in [9.17, 15) is 4.79 Å². The van der Waals surface area contributed by atoms with Crippen molar-refractivity contribution >= 4 is 11.9 Å². The molecule has 1 fully saturated rings. The number of hydrogen-bond acceptors (Lipinski definition) is 4. The number of aromatic nitrogens is 3. The van der Waals surface area contributed by atoms with Crippen LogP contribution in [0.25, 0.3) is 0 Å². The van der Waals surface area contributed by atoms with E-state index in [0.717, 1.165) is 24.6 Å². The average Bonchev–Trinajstić information content (AvgIpc) is 2.95. The van der Waals surface area contributed by atoms with Crippen LogP contribution in [0.3, 0.4) is 0 Å². The molecule has 88 valence electrons. The fraction of sp³-hybridized carbons (Fsp3) is 0.700. The summed E-state index contributed by atoms with van der Waals surface area (Å²) >= 11 is 0. The third kappa shape index (κ3) is 2.15. The Kier molecular flexibility index (Phi) is 2.80. The summed E-state index contributed by atoms with van der Waals surface area (Å²) in [6, 6.07) is 0.469. The molecular weight excluding hydrogens is 208 g/mol. The van der Waals surface area contributed by atoms with Crippen molar-refractivity contribution in [2.24, 2.45) is 0 Å². The largest absolute Gasteiger partial charge is 0.481 e. The minimum absolute atomic E-state index is 0.109. The van der Waals surface area contributed by atoms with Gasteiger partial charge >= 0.3 is 5.97 Å². The number of aliphatic carboxylic acids is 1. The molecule has 2 rings (SSSR count). The number of hydrogen-bond donors (Lipinski definition) is 1. The molecule has 1 aliphatic carbocycles. The molecule has 0 amide bonds. The first-order valence-corrected chi connectivity index (χ1v) is 5.42. The Morgan fingerprint density at radius 1 is 1.50 bits per heavy atom. The predicted octanol–water partition coefficient (Wildman–Crippen LogP) is 0.696. The lowest BCUT2D eigenvalue weighted by Crippen LogP contribution is -2.16. The van der Waals surface area contributed by atoms with E-state index < -0.39 is 5.97 Å². The molecule has 0 atom stereocenters. The van der Waals surface area contributed by atoms with Gasteiger partial charge in [-0.1, -0.05) is 0 Å². The molecule has 6 heteroatoms. The highest BCUT2D eigenvalue weighted by atomic mass is 16.4. The van der Waals surface area contributed by atoms with Crippen molar-refractivity contribution < 1.29 is 9.90 Å². The molecule has 0 bridgehead atoms. The lowest BCUT2D eigenvalue weighted by molar-refractivity contribution is -0.137. The molecule has 0 saturated heterocycles. The number of carboxylic acid groups (broad SMARTS) is 1. The van der Waals surface area contributed by atoms with Crippen molar-refractivity contribution in [1.82, 2.24) is 14.8 Å². The fourth-order valence-electron chi connectivity index (χ4n) is 1.72. The maximum Gasteiger partial charge on any atom is 0.303 e. The molecule has 16 heavy (non-hydrogen) atoms. The molecule has 6 nitrogen and oxygen atoms in total. The van der Waals surface area contributed by atoms with Gasteiger partial charge in [-0.25, -0.2) is 0 Å². The summed E-state index contributed by atoms with van der Waals surface area (Å²) in [5.41, 5.74) is 0. The maximum absolute atomic E-state index is 10.5. The van der Waals surface area contributed by atoms with Crippen molar-refractivity contribution in [2.75, 3.05) is 19.0 Å². The van der Waals surface area contributed by atoms with Crippen molar-refractivity contribution in [3.8, 4) is 0 Å². The van der Waals surface area contributed by atoms with Crippen molar-refractivity contribution in [2.45, 2.75) is 31.7 Å². The van der Waals surface area contributed by atoms with Crippen LogP contribution in [0.4, 0.5) is 5.95 Å². The highest BCUT2D eigenvalue weighted by Crippen LogP contribution is 2.38. The number of carboxylic acids is 1. The molecule has 1 heterocycles. The lowest BCUT2D eigenvalue weighted by Gasteiger charge is -2.14. The van der Waals surface area contributed by atoms with Gasteiger partial charge in [0.2, 0.25) is 5.95 Å². The van der Waals surface area contributed by atoms with E-state index in [0.29, 0.717) is 12.5 Å². The number of carbonyl (C=O) groups is 1. The average molecular weight is 224 g/mol. The van der Waals surface area contributed by atoms with Crippen LogP contribution < -0.4 is 4.90 Å². The maximum atomic E-state index is 10.5. The molecule has 1 saturated carbocycles. The Morgan fingerprint density at radius 3 is 2.69 bits per heavy atom. The van der Waals surface area contributed by atoms with Crippen molar-refractivity contribution in [3.05, 3.63) is 5.82 Å². The first-order chi connectivity index (χ1) is 7.59. The van der Waals surface area contributed by atoms with E-state index >= 15 is 0 Å². The number of nitrogens with zero attached hydrogens (tertiary/aromatic N) is 4. The van der Waals surface area contributed by atoms with Crippen LogP contribution in [0.15, 0.2) is 0 Å². The molecule has 1 aromatic rings. The van der Waals surface area contributed by atoms with Crippen LogP contribution in [-0.4, -0.2) is 39.9 Å². The summed E-state index contributed by atoms with van der Waals surface area (Å²) in [5, 5.41) is 16.8. The summed E-state index contributed by atoms with van der Waals surface area (Å²) in [4.78, 5) is 12.5. The number of anilines is 1. The summed E-state index contributed by atoms with van der Waals surface area (Å²) in [7, 11) is 3.84. The molecular formula is C10H16N4O2. The van der Waals surface area contributed by atoms with Gasteiger partial charge in [-0.05, 0) is 12.8 Å². The van der Waals surface area contributed by atoms with Crippen molar-refractivity contribution in [1.29, 1.82) is 0 Å². The Labute approximate surface area is 93.9 Å². The highest BCUT2D eigenvalue weighted by molar-refractivity contribution is 5.66. The van der Waals surface area contributed by atoms with Gasteiger partial charge in [-0.15, -0.1) is 10.2 Å². The van der Waals surface area contributed by atoms with Crippen LogP contribution in [0.5, 0.6) is 0 Å². The summed E-state index contributed by atoms with van der Waals surface area (Å²) in [6.07, 6.45) is 2.84. The first kappa shape index (κ1) is 10.9. The summed E-state index contributed by atoms with van der Waals surface area (Å²) < 4.78 is 2.07. The normalized spacial score (nSPS) is 15.1. The molecule has 1 aromatic heterocycles. The molecule has 0 aliphatic heterocycles. The topological polar surface area (TPSA) is 71.2 Å². The minimum Gasteiger partial charge on any atom is -0.481 e. The Hall–Kier alpha value is -1.59. The molecule has 0 aromatic carbocycles. The Balaban J connectivity index is 2.20. The zero-order valence-electron chi connectivity index (χ0n) is 9.55. The van der Waals surface area contributed by atoms with Gasteiger partial charge in [0.1, 0.15) is 5.82 Å². The summed E-state index contributed by atoms with van der Waals surface area (Å²) in [6.45, 7) is 0. The SMILES string of the molecule is CN(C)c1nnc(CCC(=O)O)n1C1CC1. The van der Waals surface area contributed by atoms with E-state index in [4.69, 9.17) is 5.11 Å². The predicted molar refractivity (Wildman–Crippen MR) is 58.6 cm³/mol. The van der Waals surface area contributed by atoms with Gasteiger partial charge in [0.05, 0.1) is 6.42 Å². The molecule has 1 N–H and O–H groups in total. The standard InChI is InChI=1S/C10H16N4O2/c1-13(2)10-12-11-8(5-6-9(15)16)14(10)7-3-4-7/h7H,3-6H2,1-2H3,(H,15,16). The molecule has 0 radical (unpaired) electrons. The van der Waals surface area contributed by atoms with Crippen LogP contribution in [0, 0.1) is 0 Å².